The number of benzene rings is 1. The normalized spacial score (nSPS) is 23.3. The van der Waals surface area contributed by atoms with Gasteiger partial charge in [0.15, 0.2) is 5.96 Å². The molecule has 2 fully saturated rings. The highest BCUT2D eigenvalue weighted by molar-refractivity contribution is 5.79. The first-order valence-electron chi connectivity index (χ1n) is 9.11. The summed E-state index contributed by atoms with van der Waals surface area (Å²) in [6.07, 6.45) is 4.70. The largest absolute Gasteiger partial charge is 0.357 e. The van der Waals surface area contributed by atoms with E-state index in [2.05, 4.69) is 29.5 Å². The van der Waals surface area contributed by atoms with E-state index in [-0.39, 0.29) is 11.2 Å². The quantitative estimate of drug-likeness (QED) is 0.621. The van der Waals surface area contributed by atoms with Crippen molar-refractivity contribution in [1.82, 2.24) is 15.5 Å². The second kappa shape index (κ2) is 7.51. The van der Waals surface area contributed by atoms with E-state index in [9.17, 15) is 4.39 Å². The number of nitrogens with one attached hydrogen (secondary N) is 2. The van der Waals surface area contributed by atoms with Crippen molar-refractivity contribution in [1.29, 1.82) is 0 Å². The van der Waals surface area contributed by atoms with Crippen LogP contribution >= 0.6 is 0 Å². The Morgan fingerprint density at radius 1 is 1.38 bits per heavy atom. The first-order valence-corrected chi connectivity index (χ1v) is 9.11. The molecular weight excluding hydrogens is 303 g/mol. The second-order valence-corrected chi connectivity index (χ2v) is 7.14. The second-order valence-electron chi connectivity index (χ2n) is 7.14. The lowest BCUT2D eigenvalue weighted by Gasteiger charge is -2.22. The SMILES string of the molecule is CCNC(=NCC1(c2cccc(F)c2)CC1)NCC1CCCN1C. The molecule has 1 aromatic rings. The minimum absolute atomic E-state index is 0.0363. The maximum Gasteiger partial charge on any atom is 0.191 e. The maximum absolute atomic E-state index is 13.5. The lowest BCUT2D eigenvalue weighted by Crippen LogP contribution is -2.44. The van der Waals surface area contributed by atoms with E-state index >= 15 is 0 Å². The molecule has 0 amide bonds. The number of hydrogen-bond acceptors (Lipinski definition) is 2. The first-order chi connectivity index (χ1) is 11.6. The molecule has 0 bridgehead atoms. The zero-order chi connectivity index (χ0) is 17.0. The van der Waals surface area contributed by atoms with Crippen molar-refractivity contribution >= 4 is 5.96 Å². The van der Waals surface area contributed by atoms with E-state index in [0.717, 1.165) is 37.5 Å². The Labute approximate surface area is 144 Å². The Morgan fingerprint density at radius 3 is 2.83 bits per heavy atom. The van der Waals surface area contributed by atoms with Gasteiger partial charge in [0, 0.05) is 24.5 Å². The minimum atomic E-state index is -0.156. The number of guanidine groups is 1. The van der Waals surface area contributed by atoms with Crippen LogP contribution in [0.4, 0.5) is 4.39 Å². The van der Waals surface area contributed by atoms with Crippen LogP contribution in [0.25, 0.3) is 0 Å². The highest BCUT2D eigenvalue weighted by Gasteiger charge is 2.44. The zero-order valence-electron chi connectivity index (χ0n) is 14.8. The number of aliphatic imine (C=N–C) groups is 1. The predicted octanol–water partition coefficient (Wildman–Crippen LogP) is 2.51. The number of halogens is 1. The van der Waals surface area contributed by atoms with Crippen LogP contribution in [0.3, 0.4) is 0 Å². The summed E-state index contributed by atoms with van der Waals surface area (Å²) >= 11 is 0. The molecule has 132 valence electrons. The monoisotopic (exact) mass is 332 g/mol. The highest BCUT2D eigenvalue weighted by atomic mass is 19.1. The lowest BCUT2D eigenvalue weighted by atomic mass is 9.96. The fraction of sp³-hybridized carbons (Fsp3) is 0.632. The summed E-state index contributed by atoms with van der Waals surface area (Å²) in [6.45, 7) is 5.75. The van der Waals surface area contributed by atoms with Crippen molar-refractivity contribution < 1.29 is 4.39 Å². The predicted molar refractivity (Wildman–Crippen MR) is 96.9 cm³/mol. The van der Waals surface area contributed by atoms with Crippen molar-refractivity contribution in [2.24, 2.45) is 4.99 Å². The van der Waals surface area contributed by atoms with Crippen LogP contribution in [-0.4, -0.2) is 50.1 Å². The van der Waals surface area contributed by atoms with E-state index in [4.69, 9.17) is 4.99 Å². The molecule has 4 nitrogen and oxygen atoms in total. The third kappa shape index (κ3) is 4.07. The van der Waals surface area contributed by atoms with E-state index in [0.29, 0.717) is 12.6 Å². The van der Waals surface area contributed by atoms with Crippen LogP contribution < -0.4 is 10.6 Å². The van der Waals surface area contributed by atoms with Gasteiger partial charge >= 0.3 is 0 Å². The third-order valence-corrected chi connectivity index (χ3v) is 5.35. The lowest BCUT2D eigenvalue weighted by molar-refractivity contribution is 0.309. The van der Waals surface area contributed by atoms with Gasteiger partial charge in [-0.05, 0) is 63.9 Å². The van der Waals surface area contributed by atoms with Crippen LogP contribution in [0.1, 0.15) is 38.2 Å². The Balaban J connectivity index is 1.61. The first kappa shape index (κ1) is 17.2. The van der Waals surface area contributed by atoms with E-state index in [1.807, 2.05) is 6.07 Å². The molecule has 24 heavy (non-hydrogen) atoms. The molecule has 2 N–H and O–H groups in total. The summed E-state index contributed by atoms with van der Waals surface area (Å²) in [5, 5.41) is 6.81. The molecule has 0 aromatic heterocycles. The van der Waals surface area contributed by atoms with Crippen molar-refractivity contribution in [2.45, 2.75) is 44.1 Å². The summed E-state index contributed by atoms with van der Waals surface area (Å²) in [4.78, 5) is 7.20. The molecule has 0 spiro atoms. The van der Waals surface area contributed by atoms with Crippen molar-refractivity contribution in [2.75, 3.05) is 33.2 Å². The van der Waals surface area contributed by atoms with Crippen molar-refractivity contribution in [3.05, 3.63) is 35.6 Å². The summed E-state index contributed by atoms with van der Waals surface area (Å²) in [5.74, 6) is 0.720. The fourth-order valence-electron chi connectivity index (χ4n) is 3.53. The number of likely N-dealkylation sites (tertiary alicyclic amines) is 1. The van der Waals surface area contributed by atoms with E-state index < -0.39 is 0 Å². The summed E-state index contributed by atoms with van der Waals surface area (Å²) in [6, 6.07) is 7.59. The van der Waals surface area contributed by atoms with Gasteiger partial charge in [0.2, 0.25) is 0 Å². The summed E-state index contributed by atoms with van der Waals surface area (Å²) < 4.78 is 13.5. The van der Waals surface area contributed by atoms with Gasteiger partial charge in [0.25, 0.3) is 0 Å². The van der Waals surface area contributed by atoms with Gasteiger partial charge in [-0.2, -0.15) is 0 Å². The average Bonchev–Trinajstić information content (AvgIpc) is 3.26. The van der Waals surface area contributed by atoms with Crippen LogP contribution in [0.15, 0.2) is 29.3 Å². The topological polar surface area (TPSA) is 39.7 Å². The van der Waals surface area contributed by atoms with Crippen molar-refractivity contribution in [3.63, 3.8) is 0 Å². The fourth-order valence-corrected chi connectivity index (χ4v) is 3.53. The Hall–Kier alpha value is -1.62. The summed E-state index contributed by atoms with van der Waals surface area (Å²) in [5.41, 5.74) is 1.12. The highest BCUT2D eigenvalue weighted by Crippen LogP contribution is 2.48. The molecule has 1 heterocycles. The third-order valence-electron chi connectivity index (χ3n) is 5.35. The van der Waals surface area contributed by atoms with E-state index in [1.165, 1.54) is 25.5 Å². The van der Waals surface area contributed by atoms with Gasteiger partial charge in [0.05, 0.1) is 6.54 Å². The van der Waals surface area contributed by atoms with Gasteiger partial charge in [-0.15, -0.1) is 0 Å². The molecule has 3 rings (SSSR count). The summed E-state index contributed by atoms with van der Waals surface area (Å²) in [7, 11) is 2.19. The maximum atomic E-state index is 13.5. The molecular formula is C19H29FN4. The van der Waals surface area contributed by atoms with Crippen LogP contribution in [0, 0.1) is 5.82 Å². The molecule has 0 radical (unpaired) electrons. The molecule has 1 atom stereocenters. The van der Waals surface area contributed by atoms with Gasteiger partial charge in [-0.1, -0.05) is 12.1 Å². The number of nitrogens with zero attached hydrogens (tertiary/aromatic N) is 2. The molecule has 1 aliphatic carbocycles. The molecule has 1 aliphatic heterocycles. The molecule has 1 saturated heterocycles. The average molecular weight is 332 g/mol. The molecule has 5 heteroatoms. The standard InChI is InChI=1S/C19H29FN4/c1-3-21-18(22-13-17-8-5-11-24(17)2)23-14-19(9-10-19)15-6-4-7-16(20)12-15/h4,6-7,12,17H,3,5,8-11,13-14H2,1-2H3,(H2,21,22,23). The number of rotatable bonds is 6. The zero-order valence-corrected chi connectivity index (χ0v) is 14.8. The molecule has 1 aromatic carbocycles. The van der Waals surface area contributed by atoms with Gasteiger partial charge in [-0.25, -0.2) is 4.39 Å². The Morgan fingerprint density at radius 2 is 2.21 bits per heavy atom. The van der Waals surface area contributed by atoms with Crippen molar-refractivity contribution in [3.8, 4) is 0 Å². The smallest absolute Gasteiger partial charge is 0.191 e. The Bertz CT molecular complexity index is 582. The molecule has 1 unspecified atom stereocenters. The van der Waals surface area contributed by atoms with Gasteiger partial charge < -0.3 is 15.5 Å². The molecule has 2 aliphatic rings. The number of hydrogen-bond donors (Lipinski definition) is 2. The van der Waals surface area contributed by atoms with Crippen LogP contribution in [-0.2, 0) is 5.41 Å². The van der Waals surface area contributed by atoms with E-state index in [1.54, 1.807) is 12.1 Å². The van der Waals surface area contributed by atoms with Crippen LogP contribution in [0.2, 0.25) is 0 Å². The van der Waals surface area contributed by atoms with Crippen LogP contribution in [0.5, 0.6) is 0 Å². The van der Waals surface area contributed by atoms with Gasteiger partial charge in [-0.3, -0.25) is 4.99 Å². The number of likely N-dealkylation sites (N-methyl/N-ethyl adjacent to an activating group) is 1. The minimum Gasteiger partial charge on any atom is -0.357 e. The molecule has 1 saturated carbocycles. The Kier molecular flexibility index (Phi) is 5.39. The van der Waals surface area contributed by atoms with Gasteiger partial charge in [0.1, 0.15) is 5.82 Å².